The lowest BCUT2D eigenvalue weighted by molar-refractivity contribution is 0.103. The van der Waals surface area contributed by atoms with Gasteiger partial charge < -0.3 is 5.73 Å². The number of rotatable bonds is 3. The molecule has 0 atom stereocenters. The molecule has 5 nitrogen and oxygen atoms in total. The van der Waals surface area contributed by atoms with Gasteiger partial charge in [-0.15, -0.1) is 0 Å². The highest BCUT2D eigenvalue weighted by Gasteiger charge is 2.24. The van der Waals surface area contributed by atoms with E-state index < -0.39 is 20.8 Å². The van der Waals surface area contributed by atoms with Crippen molar-refractivity contribution in [3.63, 3.8) is 0 Å². The van der Waals surface area contributed by atoms with Gasteiger partial charge in [0.25, 0.3) is 10.1 Å². The lowest BCUT2D eigenvalue weighted by atomic mass is 9.98. The molecule has 0 aliphatic carbocycles. The molecule has 0 aliphatic heterocycles. The number of fused-ring (bicyclic) bond motifs is 1. The zero-order valence-corrected chi connectivity index (χ0v) is 12.7. The molecule has 0 amide bonds. The smallest absolute Gasteiger partial charge is 0.297 e. The van der Waals surface area contributed by atoms with Gasteiger partial charge in [-0.05, 0) is 11.5 Å². The Morgan fingerprint density at radius 1 is 0.957 bits per heavy atom. The third-order valence-corrected chi connectivity index (χ3v) is 4.53. The van der Waals surface area contributed by atoms with Crippen molar-refractivity contribution in [2.45, 2.75) is 4.90 Å². The maximum absolute atomic E-state index is 12.6. The predicted molar refractivity (Wildman–Crippen MR) is 88.0 cm³/mol. The summed E-state index contributed by atoms with van der Waals surface area (Å²) in [5.74, 6) is -0.404. The zero-order valence-electron chi connectivity index (χ0n) is 11.9. The van der Waals surface area contributed by atoms with E-state index in [-0.39, 0.29) is 16.6 Å². The maximum atomic E-state index is 12.6. The number of nitrogen functional groups attached to an aromatic ring is 1. The largest absolute Gasteiger partial charge is 0.397 e. The van der Waals surface area contributed by atoms with Crippen LogP contribution in [-0.4, -0.2) is 18.8 Å². The van der Waals surface area contributed by atoms with Gasteiger partial charge in [0.15, 0.2) is 5.78 Å². The van der Waals surface area contributed by atoms with Crippen molar-refractivity contribution in [3.05, 3.63) is 71.8 Å². The van der Waals surface area contributed by atoms with Crippen molar-refractivity contribution in [2.24, 2.45) is 0 Å². The molecule has 0 saturated carbocycles. The average molecular weight is 327 g/mol. The summed E-state index contributed by atoms with van der Waals surface area (Å²) in [6.07, 6.45) is 0. The average Bonchev–Trinajstić information content (AvgIpc) is 2.53. The second-order valence-corrected chi connectivity index (χ2v) is 6.42. The maximum Gasteiger partial charge on any atom is 0.297 e. The van der Waals surface area contributed by atoms with E-state index in [0.717, 1.165) is 0 Å². The second-order valence-electron chi connectivity index (χ2n) is 5.06. The molecule has 0 aliphatic rings. The second kappa shape index (κ2) is 5.49. The summed E-state index contributed by atoms with van der Waals surface area (Å²) < 4.78 is 33.0. The first-order valence-corrected chi connectivity index (χ1v) is 8.22. The lowest BCUT2D eigenvalue weighted by Crippen LogP contribution is -2.11. The summed E-state index contributed by atoms with van der Waals surface area (Å²) in [5, 5.41) is 0.783. The normalized spacial score (nSPS) is 11.5. The van der Waals surface area contributed by atoms with E-state index in [1.54, 1.807) is 48.5 Å². The number of hydrogen-bond donors (Lipinski definition) is 2. The van der Waals surface area contributed by atoms with Crippen LogP contribution in [0.3, 0.4) is 0 Å². The van der Waals surface area contributed by atoms with Crippen molar-refractivity contribution in [2.75, 3.05) is 5.73 Å². The van der Waals surface area contributed by atoms with Gasteiger partial charge in [-0.25, -0.2) is 0 Å². The van der Waals surface area contributed by atoms with E-state index in [2.05, 4.69) is 0 Å². The molecule has 0 saturated heterocycles. The van der Waals surface area contributed by atoms with Crippen molar-refractivity contribution in [1.29, 1.82) is 0 Å². The predicted octanol–water partition coefficient (Wildman–Crippen LogP) is 2.90. The van der Waals surface area contributed by atoms with Crippen LogP contribution in [0.15, 0.2) is 65.6 Å². The Labute approximate surface area is 133 Å². The van der Waals surface area contributed by atoms with E-state index in [0.29, 0.717) is 10.9 Å². The molecule has 3 aromatic rings. The number of ketones is 1. The van der Waals surface area contributed by atoms with Crippen LogP contribution < -0.4 is 5.73 Å². The number of anilines is 1. The minimum Gasteiger partial charge on any atom is -0.397 e. The van der Waals surface area contributed by atoms with Gasteiger partial charge in [0, 0.05) is 16.5 Å². The van der Waals surface area contributed by atoms with Gasteiger partial charge in [-0.1, -0.05) is 54.6 Å². The molecule has 0 unspecified atom stereocenters. The standard InChI is InChI=1S/C17H13NO4S/c18-15-14(16(19)11-6-2-1-3-7-11)10-12-8-4-5-9-13(12)17(15)23(20,21)22/h1-10H,18H2,(H,20,21,22). The van der Waals surface area contributed by atoms with Gasteiger partial charge in [-0.2, -0.15) is 8.42 Å². The first-order valence-electron chi connectivity index (χ1n) is 6.78. The summed E-state index contributed by atoms with van der Waals surface area (Å²) in [6, 6.07) is 16.5. The van der Waals surface area contributed by atoms with Gasteiger partial charge in [-0.3, -0.25) is 9.35 Å². The minimum absolute atomic E-state index is 0.0440. The Morgan fingerprint density at radius 2 is 1.57 bits per heavy atom. The minimum atomic E-state index is -4.58. The Bertz CT molecular complexity index is 1010. The highest BCUT2D eigenvalue weighted by Crippen LogP contribution is 2.33. The number of carbonyl (C=O) groups is 1. The van der Waals surface area contributed by atoms with Crippen LogP contribution in [-0.2, 0) is 10.1 Å². The highest BCUT2D eigenvalue weighted by molar-refractivity contribution is 7.86. The monoisotopic (exact) mass is 327 g/mol. The van der Waals surface area contributed by atoms with Crippen molar-refractivity contribution >= 4 is 32.4 Å². The molecule has 116 valence electrons. The third-order valence-electron chi connectivity index (χ3n) is 3.58. The summed E-state index contributed by atoms with van der Waals surface area (Å²) >= 11 is 0. The molecule has 0 heterocycles. The molecular formula is C17H13NO4S. The SMILES string of the molecule is Nc1c(C(=O)c2ccccc2)cc2ccccc2c1S(=O)(=O)O. The Balaban J connectivity index is 2.35. The molecule has 6 heteroatoms. The van der Waals surface area contributed by atoms with Crippen LogP contribution >= 0.6 is 0 Å². The van der Waals surface area contributed by atoms with E-state index in [4.69, 9.17) is 5.73 Å². The summed E-state index contributed by atoms with van der Waals surface area (Å²) in [4.78, 5) is 12.2. The number of nitrogens with two attached hydrogens (primary N) is 1. The fourth-order valence-corrected chi connectivity index (χ4v) is 3.39. The van der Waals surface area contributed by atoms with Crippen LogP contribution in [0.2, 0.25) is 0 Å². The molecule has 0 radical (unpaired) electrons. The Kier molecular flexibility index (Phi) is 3.63. The van der Waals surface area contributed by atoms with Crippen LogP contribution in [0.4, 0.5) is 5.69 Å². The van der Waals surface area contributed by atoms with E-state index in [1.807, 2.05) is 0 Å². The molecule has 0 spiro atoms. The molecule has 3 N–H and O–H groups in total. The van der Waals surface area contributed by atoms with Gasteiger partial charge in [0.1, 0.15) is 4.90 Å². The third kappa shape index (κ3) is 2.69. The van der Waals surface area contributed by atoms with Gasteiger partial charge >= 0.3 is 0 Å². The highest BCUT2D eigenvalue weighted by atomic mass is 32.2. The molecule has 0 aromatic heterocycles. The topological polar surface area (TPSA) is 97.5 Å². The molecule has 23 heavy (non-hydrogen) atoms. The Hall–Kier alpha value is -2.70. The quantitative estimate of drug-likeness (QED) is 0.438. The first kappa shape index (κ1) is 15.2. The van der Waals surface area contributed by atoms with E-state index >= 15 is 0 Å². The summed E-state index contributed by atoms with van der Waals surface area (Å²) in [5.41, 5.74) is 6.09. The number of hydrogen-bond acceptors (Lipinski definition) is 4. The fourth-order valence-electron chi connectivity index (χ4n) is 2.54. The molecule has 0 fully saturated rings. The van der Waals surface area contributed by atoms with Crippen molar-refractivity contribution < 1.29 is 17.8 Å². The molecular weight excluding hydrogens is 314 g/mol. The molecule has 3 rings (SSSR count). The molecule has 0 bridgehead atoms. The molecule has 3 aromatic carbocycles. The summed E-state index contributed by atoms with van der Waals surface area (Å²) in [6.45, 7) is 0. The van der Waals surface area contributed by atoms with E-state index in [1.165, 1.54) is 12.1 Å². The van der Waals surface area contributed by atoms with Crippen LogP contribution in [0, 0.1) is 0 Å². The number of benzene rings is 3. The lowest BCUT2D eigenvalue weighted by Gasteiger charge is -2.12. The van der Waals surface area contributed by atoms with Crippen LogP contribution in [0.1, 0.15) is 15.9 Å². The van der Waals surface area contributed by atoms with Crippen LogP contribution in [0.5, 0.6) is 0 Å². The van der Waals surface area contributed by atoms with Crippen LogP contribution in [0.25, 0.3) is 10.8 Å². The summed E-state index contributed by atoms with van der Waals surface area (Å²) in [7, 11) is -4.58. The van der Waals surface area contributed by atoms with Crippen molar-refractivity contribution in [3.8, 4) is 0 Å². The van der Waals surface area contributed by atoms with E-state index in [9.17, 15) is 17.8 Å². The first-order chi connectivity index (χ1) is 10.9. The number of carbonyl (C=O) groups excluding carboxylic acids is 1. The van der Waals surface area contributed by atoms with Crippen molar-refractivity contribution in [1.82, 2.24) is 0 Å². The fraction of sp³-hybridized carbons (Fsp3) is 0. The van der Waals surface area contributed by atoms with Gasteiger partial charge in [0.2, 0.25) is 0 Å². The zero-order chi connectivity index (χ0) is 16.6. The van der Waals surface area contributed by atoms with Gasteiger partial charge in [0.05, 0.1) is 5.69 Å². The Morgan fingerprint density at radius 3 is 2.22 bits per heavy atom.